The Labute approximate surface area is 127 Å². The fourth-order valence-electron chi connectivity index (χ4n) is 2.60. The van der Waals surface area contributed by atoms with Gasteiger partial charge < -0.3 is 15.4 Å². The number of carbonyl (C=O) groups excluding carboxylic acids is 1. The second-order valence-corrected chi connectivity index (χ2v) is 5.91. The number of ether oxygens (including phenoxy) is 1. The molecule has 21 heavy (non-hydrogen) atoms. The molecule has 1 heterocycles. The molecule has 1 fully saturated rings. The van der Waals surface area contributed by atoms with Crippen LogP contribution in [0.2, 0.25) is 0 Å². The molecule has 0 saturated carbocycles. The van der Waals surface area contributed by atoms with Crippen molar-refractivity contribution in [3.63, 3.8) is 0 Å². The Bertz CT molecular complexity index is 428. The number of hydrogen-bond donors (Lipinski definition) is 1. The van der Waals surface area contributed by atoms with Crippen LogP contribution >= 0.6 is 0 Å². The lowest BCUT2D eigenvalue weighted by Crippen LogP contribution is -2.37. The molecular weight excluding hydrogens is 264 g/mol. The molecule has 1 amide bonds. The van der Waals surface area contributed by atoms with Gasteiger partial charge in [-0.15, -0.1) is 0 Å². The standard InChI is InChI=1S/C17H26N2O2/c1-14(18)9-10-17(20)19(13-16-8-5-11-21-16)12-15-6-3-2-4-7-15/h2-4,6-7,14,16H,5,8-13,18H2,1H3. The third-order valence-electron chi connectivity index (χ3n) is 3.83. The summed E-state index contributed by atoms with van der Waals surface area (Å²) in [6.45, 7) is 4.10. The summed E-state index contributed by atoms with van der Waals surface area (Å²) in [5, 5.41) is 0. The van der Waals surface area contributed by atoms with Crippen molar-refractivity contribution in [1.82, 2.24) is 4.90 Å². The highest BCUT2D eigenvalue weighted by Gasteiger charge is 2.22. The third kappa shape index (κ3) is 5.48. The maximum atomic E-state index is 12.5. The van der Waals surface area contributed by atoms with Crippen LogP contribution in [0.4, 0.5) is 0 Å². The Morgan fingerprint density at radius 1 is 1.43 bits per heavy atom. The third-order valence-corrected chi connectivity index (χ3v) is 3.83. The maximum absolute atomic E-state index is 12.5. The van der Waals surface area contributed by atoms with Crippen LogP contribution < -0.4 is 5.73 Å². The first-order valence-corrected chi connectivity index (χ1v) is 7.84. The molecule has 1 aliphatic rings. The number of benzene rings is 1. The first-order valence-electron chi connectivity index (χ1n) is 7.84. The van der Waals surface area contributed by atoms with Gasteiger partial charge in [-0.1, -0.05) is 30.3 Å². The van der Waals surface area contributed by atoms with Gasteiger partial charge in [0.25, 0.3) is 0 Å². The summed E-state index contributed by atoms with van der Waals surface area (Å²) in [5.41, 5.74) is 6.92. The SMILES string of the molecule is CC(N)CCC(=O)N(Cc1ccccc1)CC1CCCO1. The average molecular weight is 290 g/mol. The first kappa shape index (κ1) is 16.0. The molecule has 0 radical (unpaired) electrons. The smallest absolute Gasteiger partial charge is 0.223 e. The van der Waals surface area contributed by atoms with E-state index in [4.69, 9.17) is 10.5 Å². The zero-order chi connectivity index (χ0) is 15.1. The Morgan fingerprint density at radius 2 is 2.19 bits per heavy atom. The number of hydrogen-bond acceptors (Lipinski definition) is 3. The molecular formula is C17H26N2O2. The van der Waals surface area contributed by atoms with E-state index < -0.39 is 0 Å². The largest absolute Gasteiger partial charge is 0.376 e. The maximum Gasteiger partial charge on any atom is 0.223 e. The van der Waals surface area contributed by atoms with E-state index in [9.17, 15) is 4.79 Å². The molecule has 0 aromatic heterocycles. The van der Waals surface area contributed by atoms with E-state index in [2.05, 4.69) is 12.1 Å². The lowest BCUT2D eigenvalue weighted by molar-refractivity contribution is -0.133. The van der Waals surface area contributed by atoms with Gasteiger partial charge in [-0.3, -0.25) is 4.79 Å². The van der Waals surface area contributed by atoms with Crippen LogP contribution in [0.25, 0.3) is 0 Å². The molecule has 2 N–H and O–H groups in total. The predicted octanol–water partition coefficient (Wildman–Crippen LogP) is 2.32. The summed E-state index contributed by atoms with van der Waals surface area (Å²) >= 11 is 0. The summed E-state index contributed by atoms with van der Waals surface area (Å²) in [4.78, 5) is 14.4. The lowest BCUT2D eigenvalue weighted by atomic mass is 10.1. The van der Waals surface area contributed by atoms with Crippen LogP contribution in [0.3, 0.4) is 0 Å². The molecule has 116 valence electrons. The van der Waals surface area contributed by atoms with Crippen molar-refractivity contribution in [1.29, 1.82) is 0 Å². The Morgan fingerprint density at radius 3 is 2.81 bits per heavy atom. The van der Waals surface area contributed by atoms with Gasteiger partial charge in [0.1, 0.15) is 0 Å². The van der Waals surface area contributed by atoms with Gasteiger partial charge in [0, 0.05) is 32.2 Å². The molecule has 0 aliphatic carbocycles. The summed E-state index contributed by atoms with van der Waals surface area (Å²) in [6, 6.07) is 10.2. The molecule has 2 atom stereocenters. The van der Waals surface area contributed by atoms with E-state index in [1.165, 1.54) is 0 Å². The zero-order valence-electron chi connectivity index (χ0n) is 12.8. The van der Waals surface area contributed by atoms with Gasteiger partial charge >= 0.3 is 0 Å². The fourth-order valence-corrected chi connectivity index (χ4v) is 2.60. The topological polar surface area (TPSA) is 55.6 Å². The van der Waals surface area contributed by atoms with Crippen molar-refractivity contribution >= 4 is 5.91 Å². The van der Waals surface area contributed by atoms with Gasteiger partial charge in [0.05, 0.1) is 6.10 Å². The molecule has 4 nitrogen and oxygen atoms in total. The molecule has 0 bridgehead atoms. The molecule has 2 unspecified atom stereocenters. The molecule has 1 aliphatic heterocycles. The Kier molecular flexibility index (Phi) is 6.21. The minimum atomic E-state index is 0.0651. The van der Waals surface area contributed by atoms with Crippen molar-refractivity contribution in [3.8, 4) is 0 Å². The first-order chi connectivity index (χ1) is 10.1. The van der Waals surface area contributed by atoms with Crippen molar-refractivity contribution in [2.45, 2.75) is 51.3 Å². The van der Waals surface area contributed by atoms with Crippen LogP contribution in [-0.4, -0.2) is 36.1 Å². The van der Waals surface area contributed by atoms with E-state index in [-0.39, 0.29) is 18.1 Å². The van der Waals surface area contributed by atoms with E-state index in [0.29, 0.717) is 19.5 Å². The fraction of sp³-hybridized carbons (Fsp3) is 0.588. The van der Waals surface area contributed by atoms with Crippen molar-refractivity contribution in [3.05, 3.63) is 35.9 Å². The molecule has 1 aromatic rings. The number of amides is 1. The Balaban J connectivity index is 1.96. The molecule has 1 saturated heterocycles. The van der Waals surface area contributed by atoms with E-state index in [1.807, 2.05) is 30.0 Å². The summed E-state index contributed by atoms with van der Waals surface area (Å²) in [6.07, 6.45) is 3.57. The second kappa shape index (κ2) is 8.15. The lowest BCUT2D eigenvalue weighted by Gasteiger charge is -2.26. The molecule has 1 aromatic carbocycles. The van der Waals surface area contributed by atoms with E-state index >= 15 is 0 Å². The summed E-state index contributed by atoms with van der Waals surface area (Å²) in [7, 11) is 0. The molecule has 4 heteroatoms. The van der Waals surface area contributed by atoms with Gasteiger partial charge in [-0.2, -0.15) is 0 Å². The Hall–Kier alpha value is -1.39. The zero-order valence-corrected chi connectivity index (χ0v) is 12.8. The highest BCUT2D eigenvalue weighted by molar-refractivity contribution is 5.76. The quantitative estimate of drug-likeness (QED) is 0.838. The van der Waals surface area contributed by atoms with Crippen LogP contribution in [0.1, 0.15) is 38.2 Å². The van der Waals surface area contributed by atoms with Crippen LogP contribution in [0, 0.1) is 0 Å². The van der Waals surface area contributed by atoms with Gasteiger partial charge in [-0.05, 0) is 31.7 Å². The second-order valence-electron chi connectivity index (χ2n) is 5.91. The minimum absolute atomic E-state index is 0.0651. The van der Waals surface area contributed by atoms with Crippen molar-refractivity contribution in [2.24, 2.45) is 5.73 Å². The van der Waals surface area contributed by atoms with Crippen molar-refractivity contribution in [2.75, 3.05) is 13.2 Å². The van der Waals surface area contributed by atoms with E-state index in [1.54, 1.807) is 0 Å². The average Bonchev–Trinajstić information content (AvgIpc) is 2.98. The predicted molar refractivity (Wildman–Crippen MR) is 83.7 cm³/mol. The summed E-state index contributed by atoms with van der Waals surface area (Å²) in [5.74, 6) is 0.173. The van der Waals surface area contributed by atoms with Gasteiger partial charge in [-0.25, -0.2) is 0 Å². The molecule has 2 rings (SSSR count). The highest BCUT2D eigenvalue weighted by Crippen LogP contribution is 2.16. The van der Waals surface area contributed by atoms with Gasteiger partial charge in [0.15, 0.2) is 0 Å². The number of carbonyl (C=O) groups is 1. The minimum Gasteiger partial charge on any atom is -0.376 e. The monoisotopic (exact) mass is 290 g/mol. The van der Waals surface area contributed by atoms with Crippen molar-refractivity contribution < 1.29 is 9.53 Å². The van der Waals surface area contributed by atoms with Gasteiger partial charge in [0.2, 0.25) is 5.91 Å². The number of nitrogens with two attached hydrogens (primary N) is 1. The van der Waals surface area contributed by atoms with Crippen LogP contribution in [-0.2, 0) is 16.1 Å². The van der Waals surface area contributed by atoms with Crippen LogP contribution in [0.5, 0.6) is 0 Å². The molecule has 0 spiro atoms. The number of nitrogens with zero attached hydrogens (tertiary/aromatic N) is 1. The van der Waals surface area contributed by atoms with Crippen LogP contribution in [0.15, 0.2) is 30.3 Å². The normalized spacial score (nSPS) is 19.4. The van der Waals surface area contributed by atoms with E-state index in [0.717, 1.165) is 31.4 Å². The number of rotatable bonds is 7. The summed E-state index contributed by atoms with van der Waals surface area (Å²) < 4.78 is 5.68. The highest BCUT2D eigenvalue weighted by atomic mass is 16.5.